The molecule has 5 heteroatoms. The fourth-order valence-corrected chi connectivity index (χ4v) is 7.28. The Kier molecular flexibility index (Phi) is 3.42. The van der Waals surface area contributed by atoms with Gasteiger partial charge in [-0.05, 0) is 61.7 Å². The van der Waals surface area contributed by atoms with E-state index in [-0.39, 0.29) is 35.6 Å². The summed E-state index contributed by atoms with van der Waals surface area (Å²) in [5.74, 6) is -0.270. The third kappa shape index (κ3) is 1.87. The van der Waals surface area contributed by atoms with Gasteiger partial charge >= 0.3 is 12.1 Å². The highest BCUT2D eigenvalue weighted by atomic mass is 19.4. The summed E-state index contributed by atoms with van der Waals surface area (Å²) in [5, 5.41) is 0. The van der Waals surface area contributed by atoms with E-state index in [0.29, 0.717) is 38.7 Å². The van der Waals surface area contributed by atoms with Crippen LogP contribution in [0.5, 0.6) is 0 Å². The van der Waals surface area contributed by atoms with Crippen molar-refractivity contribution in [3.05, 3.63) is 0 Å². The molecule has 0 radical (unpaired) electrons. The lowest BCUT2D eigenvalue weighted by molar-refractivity contribution is -0.311. The summed E-state index contributed by atoms with van der Waals surface area (Å²) in [6, 6.07) is 0. The average Bonchev–Trinajstić information content (AvgIpc) is 2.86. The lowest BCUT2D eigenvalue weighted by atomic mass is 9.42. The molecule has 0 aromatic rings. The second kappa shape index (κ2) is 4.91. The number of hydrogen-bond donors (Lipinski definition) is 0. The van der Waals surface area contributed by atoms with Gasteiger partial charge < -0.3 is 4.74 Å². The molecular weight excluding hydrogens is 317 g/mol. The van der Waals surface area contributed by atoms with Gasteiger partial charge in [0.2, 0.25) is 0 Å². The molecule has 136 valence electrons. The van der Waals surface area contributed by atoms with Crippen LogP contribution in [0.15, 0.2) is 0 Å². The SMILES string of the molecule is C[C@]12COC(=O)C[C@@H]1CC[C@@H]1[C@@H]2CC[C@]2(C)CCC[C@@]12C(F)(F)F. The Bertz CT molecular complexity index is 559. The van der Waals surface area contributed by atoms with Gasteiger partial charge in [0.05, 0.1) is 12.0 Å². The summed E-state index contributed by atoms with van der Waals surface area (Å²) < 4.78 is 48.6. The molecular formula is C19H27F3O2. The van der Waals surface area contributed by atoms with Gasteiger partial charge in [0.25, 0.3) is 0 Å². The highest BCUT2D eigenvalue weighted by Gasteiger charge is 2.74. The van der Waals surface area contributed by atoms with Crippen LogP contribution in [0.2, 0.25) is 0 Å². The number of hydrogen-bond acceptors (Lipinski definition) is 2. The Morgan fingerprint density at radius 3 is 2.50 bits per heavy atom. The van der Waals surface area contributed by atoms with E-state index in [1.54, 1.807) is 0 Å². The predicted molar refractivity (Wildman–Crippen MR) is 83.1 cm³/mol. The van der Waals surface area contributed by atoms with E-state index in [9.17, 15) is 18.0 Å². The minimum Gasteiger partial charge on any atom is -0.465 e. The summed E-state index contributed by atoms with van der Waals surface area (Å²) in [5.41, 5.74) is -2.42. The van der Waals surface area contributed by atoms with E-state index >= 15 is 0 Å². The summed E-state index contributed by atoms with van der Waals surface area (Å²) in [4.78, 5) is 11.7. The molecule has 4 rings (SSSR count). The molecule has 2 nitrogen and oxygen atoms in total. The second-order valence-electron chi connectivity index (χ2n) is 9.28. The molecule has 6 atom stereocenters. The summed E-state index contributed by atoms with van der Waals surface area (Å²) in [6.45, 7) is 4.28. The normalized spacial score (nSPS) is 51.4. The Morgan fingerprint density at radius 1 is 1.04 bits per heavy atom. The van der Waals surface area contributed by atoms with E-state index in [0.717, 1.165) is 12.8 Å². The van der Waals surface area contributed by atoms with Crippen molar-refractivity contribution in [3.8, 4) is 0 Å². The average molecular weight is 344 g/mol. The second-order valence-corrected chi connectivity index (χ2v) is 9.28. The zero-order valence-corrected chi connectivity index (χ0v) is 14.5. The van der Waals surface area contributed by atoms with Gasteiger partial charge in [0.1, 0.15) is 0 Å². The molecule has 0 N–H and O–H groups in total. The molecule has 3 aliphatic carbocycles. The third-order valence-corrected chi connectivity index (χ3v) is 8.57. The van der Waals surface area contributed by atoms with Crippen LogP contribution < -0.4 is 0 Å². The van der Waals surface area contributed by atoms with Crippen LogP contribution in [0.3, 0.4) is 0 Å². The maximum absolute atomic E-state index is 14.4. The van der Waals surface area contributed by atoms with Crippen LogP contribution in [0.4, 0.5) is 13.2 Å². The largest absolute Gasteiger partial charge is 0.465 e. The number of halogens is 3. The topological polar surface area (TPSA) is 26.3 Å². The van der Waals surface area contributed by atoms with Crippen LogP contribution in [0.25, 0.3) is 0 Å². The number of esters is 1. The zero-order chi connectivity index (χ0) is 17.4. The molecule has 3 saturated carbocycles. The standard InChI is InChI=1S/C19H27F3O2/c1-16-7-3-8-18(16,19(20,21)22)14-5-4-12-10-15(23)24-11-17(12,2)13(14)6-9-16/h12-14H,3-11H2,1-2H3/t12-,13-,14+,16-,17-,18+/m0/s1. The fraction of sp³-hybridized carbons (Fsp3) is 0.947. The molecule has 4 fully saturated rings. The lowest BCUT2D eigenvalue weighted by Gasteiger charge is -2.63. The van der Waals surface area contributed by atoms with Crippen molar-refractivity contribution < 1.29 is 22.7 Å². The Labute approximate surface area is 141 Å². The molecule has 0 spiro atoms. The summed E-state index contributed by atoms with van der Waals surface area (Å²) in [6.07, 6.45) is 0.779. The number of ether oxygens (including phenoxy) is 1. The smallest absolute Gasteiger partial charge is 0.395 e. The van der Waals surface area contributed by atoms with Crippen LogP contribution in [0, 0.1) is 34.0 Å². The van der Waals surface area contributed by atoms with Gasteiger partial charge in [-0.3, -0.25) is 4.79 Å². The van der Waals surface area contributed by atoms with Crippen LogP contribution in [-0.2, 0) is 9.53 Å². The monoisotopic (exact) mass is 344 g/mol. The van der Waals surface area contributed by atoms with E-state index in [4.69, 9.17) is 4.74 Å². The van der Waals surface area contributed by atoms with Gasteiger partial charge in [0.15, 0.2) is 0 Å². The van der Waals surface area contributed by atoms with Crippen molar-refractivity contribution in [2.75, 3.05) is 6.61 Å². The quantitative estimate of drug-likeness (QED) is 0.571. The molecule has 4 aliphatic rings. The molecule has 1 aliphatic heterocycles. The van der Waals surface area contributed by atoms with Gasteiger partial charge in [-0.25, -0.2) is 0 Å². The first-order valence-corrected chi connectivity index (χ1v) is 9.36. The molecule has 1 heterocycles. The molecule has 0 aromatic carbocycles. The maximum atomic E-state index is 14.4. The predicted octanol–water partition coefficient (Wildman–Crippen LogP) is 5.11. The lowest BCUT2D eigenvalue weighted by Crippen LogP contribution is -2.63. The van der Waals surface area contributed by atoms with Gasteiger partial charge in [-0.15, -0.1) is 0 Å². The van der Waals surface area contributed by atoms with Crippen molar-refractivity contribution in [3.63, 3.8) is 0 Å². The number of fused-ring (bicyclic) bond motifs is 5. The fourth-order valence-electron chi connectivity index (χ4n) is 7.28. The minimum absolute atomic E-state index is 0.0251. The number of rotatable bonds is 0. The van der Waals surface area contributed by atoms with E-state index in [1.807, 2.05) is 6.92 Å². The Hall–Kier alpha value is -0.740. The van der Waals surface area contributed by atoms with Gasteiger partial charge in [-0.1, -0.05) is 20.3 Å². The zero-order valence-electron chi connectivity index (χ0n) is 14.5. The van der Waals surface area contributed by atoms with Crippen molar-refractivity contribution >= 4 is 5.97 Å². The molecule has 1 saturated heterocycles. The van der Waals surface area contributed by atoms with E-state index in [2.05, 4.69) is 6.92 Å². The molecule has 0 bridgehead atoms. The van der Waals surface area contributed by atoms with Crippen molar-refractivity contribution in [2.45, 2.75) is 71.4 Å². The van der Waals surface area contributed by atoms with Crippen LogP contribution >= 0.6 is 0 Å². The number of cyclic esters (lactones) is 1. The van der Waals surface area contributed by atoms with E-state index < -0.39 is 17.0 Å². The number of carbonyl (C=O) groups excluding carboxylic acids is 1. The van der Waals surface area contributed by atoms with E-state index in [1.165, 1.54) is 0 Å². The first kappa shape index (κ1) is 16.7. The Morgan fingerprint density at radius 2 is 1.79 bits per heavy atom. The number of alkyl halides is 3. The van der Waals surface area contributed by atoms with Crippen LogP contribution in [-0.4, -0.2) is 18.8 Å². The summed E-state index contributed by atoms with van der Waals surface area (Å²) >= 11 is 0. The third-order valence-electron chi connectivity index (χ3n) is 8.57. The Balaban J connectivity index is 1.77. The van der Waals surface area contributed by atoms with Crippen LogP contribution in [0.1, 0.15) is 65.2 Å². The minimum atomic E-state index is -4.14. The van der Waals surface area contributed by atoms with Gasteiger partial charge in [0, 0.05) is 11.8 Å². The maximum Gasteiger partial charge on any atom is 0.395 e. The van der Waals surface area contributed by atoms with Crippen molar-refractivity contribution in [1.29, 1.82) is 0 Å². The first-order chi connectivity index (χ1) is 11.1. The highest BCUT2D eigenvalue weighted by Crippen LogP contribution is 2.74. The number of carbonyl (C=O) groups is 1. The molecule has 0 amide bonds. The highest BCUT2D eigenvalue weighted by molar-refractivity contribution is 5.70. The molecule has 0 aromatic heterocycles. The van der Waals surface area contributed by atoms with Crippen molar-refractivity contribution in [2.24, 2.45) is 34.0 Å². The van der Waals surface area contributed by atoms with Gasteiger partial charge in [-0.2, -0.15) is 13.2 Å². The molecule has 24 heavy (non-hydrogen) atoms. The molecule has 0 unspecified atom stereocenters. The first-order valence-electron chi connectivity index (χ1n) is 9.36. The van der Waals surface area contributed by atoms with Crippen molar-refractivity contribution in [1.82, 2.24) is 0 Å². The summed E-state index contributed by atoms with van der Waals surface area (Å²) in [7, 11) is 0.